The molecule has 1 aliphatic rings. The molecule has 1 aromatic heterocycles. The molecule has 0 radical (unpaired) electrons. The first-order chi connectivity index (χ1) is 12.5. The molecule has 0 unspecified atom stereocenters. The number of aromatic nitrogens is 1. The second-order valence-electron chi connectivity index (χ2n) is 8.04. The smallest absolute Gasteiger partial charge is 0.290 e. The van der Waals surface area contributed by atoms with E-state index in [9.17, 15) is 4.79 Å². The number of pyridine rings is 1. The molecule has 0 aliphatic heterocycles. The van der Waals surface area contributed by atoms with Crippen molar-refractivity contribution in [1.29, 1.82) is 0 Å². The number of carbonyl (C=O) groups is 1. The summed E-state index contributed by atoms with van der Waals surface area (Å²) in [6, 6.07) is 8.53. The van der Waals surface area contributed by atoms with Crippen LogP contribution in [0.5, 0.6) is 0 Å². The minimum Gasteiger partial charge on any atom is -0.320 e. The minimum atomic E-state index is 0.0424. The Bertz CT molecular complexity index is 767. The van der Waals surface area contributed by atoms with Gasteiger partial charge < -0.3 is 5.32 Å². The highest BCUT2D eigenvalue weighted by molar-refractivity contribution is 5.91. The van der Waals surface area contributed by atoms with Crippen molar-refractivity contribution in [1.82, 2.24) is 0 Å². The maximum absolute atomic E-state index is 12.8. The number of hydrogen-bond acceptors (Lipinski definition) is 1. The minimum absolute atomic E-state index is 0.0424. The Kier molecular flexibility index (Phi) is 5.75. The lowest BCUT2D eigenvalue weighted by atomic mass is 9.92. The van der Waals surface area contributed by atoms with Crippen molar-refractivity contribution in [2.24, 2.45) is 0 Å². The molecule has 1 N–H and O–H groups in total. The van der Waals surface area contributed by atoms with E-state index in [4.69, 9.17) is 0 Å². The van der Waals surface area contributed by atoms with E-state index in [2.05, 4.69) is 63.5 Å². The van der Waals surface area contributed by atoms with Gasteiger partial charge in [-0.3, -0.25) is 4.79 Å². The van der Waals surface area contributed by atoms with E-state index < -0.39 is 0 Å². The zero-order chi connectivity index (χ0) is 18.7. The largest absolute Gasteiger partial charge is 0.320 e. The average molecular weight is 352 g/mol. The third-order valence-electron chi connectivity index (χ3n) is 5.31. The lowest BCUT2D eigenvalue weighted by Gasteiger charge is -2.19. The van der Waals surface area contributed by atoms with Gasteiger partial charge in [0.15, 0.2) is 12.4 Å². The highest BCUT2D eigenvalue weighted by Crippen LogP contribution is 2.32. The fraction of sp³-hybridized carbons (Fsp3) is 0.478. The number of nitrogens with one attached hydrogen (secondary N) is 1. The summed E-state index contributed by atoms with van der Waals surface area (Å²) in [4.78, 5) is 12.8. The highest BCUT2D eigenvalue weighted by Gasteiger charge is 2.19. The zero-order valence-electron chi connectivity index (χ0n) is 16.5. The normalized spacial score (nSPS) is 13.8. The number of carbonyl (C=O) groups excluding carboxylic acids is 1. The molecular formula is C23H31N2O+. The van der Waals surface area contributed by atoms with Crippen LogP contribution in [0.3, 0.4) is 0 Å². The van der Waals surface area contributed by atoms with Crippen molar-refractivity contribution in [3.63, 3.8) is 0 Å². The standard InChI is InChI=1S/C23H30N2O/c1-16(2)20-10-7-11-21(17(3)4)23(20)24-22(26)15-25-13-12-18-8-5-6-9-19(18)14-25/h7,10-14,16-17H,5-6,8-9,15H2,1-4H3/p+1. The van der Waals surface area contributed by atoms with E-state index in [0.717, 1.165) is 12.1 Å². The lowest BCUT2D eigenvalue weighted by Crippen LogP contribution is -2.40. The molecule has 3 heteroatoms. The van der Waals surface area contributed by atoms with Crippen LogP contribution in [0.2, 0.25) is 0 Å². The fourth-order valence-corrected chi connectivity index (χ4v) is 3.86. The van der Waals surface area contributed by atoms with Crippen LogP contribution >= 0.6 is 0 Å². The molecule has 0 fully saturated rings. The molecule has 0 saturated heterocycles. The number of nitrogens with zero attached hydrogens (tertiary/aromatic N) is 1. The number of para-hydroxylation sites is 1. The SMILES string of the molecule is CC(C)c1cccc(C(C)C)c1NC(=O)C[n+]1ccc2c(c1)CCCC2. The van der Waals surface area contributed by atoms with E-state index in [1.54, 1.807) is 0 Å². The van der Waals surface area contributed by atoms with Gasteiger partial charge in [0.1, 0.15) is 0 Å². The first-order valence-corrected chi connectivity index (χ1v) is 9.89. The Morgan fingerprint density at radius 3 is 2.23 bits per heavy atom. The van der Waals surface area contributed by atoms with Crippen molar-refractivity contribution in [2.75, 3.05) is 5.32 Å². The molecule has 2 aromatic rings. The number of hydrogen-bond donors (Lipinski definition) is 1. The van der Waals surface area contributed by atoms with E-state index >= 15 is 0 Å². The number of anilines is 1. The van der Waals surface area contributed by atoms with E-state index in [1.807, 2.05) is 10.8 Å². The van der Waals surface area contributed by atoms with Gasteiger partial charge in [-0.1, -0.05) is 45.9 Å². The predicted molar refractivity (Wildman–Crippen MR) is 107 cm³/mol. The third kappa shape index (κ3) is 4.14. The molecule has 0 bridgehead atoms. The van der Waals surface area contributed by atoms with E-state index in [0.29, 0.717) is 18.4 Å². The fourth-order valence-electron chi connectivity index (χ4n) is 3.86. The van der Waals surface area contributed by atoms with Gasteiger partial charge in [0.2, 0.25) is 6.54 Å². The molecule has 0 spiro atoms. The molecule has 0 atom stereocenters. The van der Waals surface area contributed by atoms with Gasteiger partial charge in [-0.25, -0.2) is 0 Å². The van der Waals surface area contributed by atoms with E-state index in [1.165, 1.54) is 41.5 Å². The van der Waals surface area contributed by atoms with Gasteiger partial charge in [-0.2, -0.15) is 4.57 Å². The maximum Gasteiger partial charge on any atom is 0.290 e. The quantitative estimate of drug-likeness (QED) is 0.776. The Hall–Kier alpha value is -2.16. The Balaban J connectivity index is 1.80. The van der Waals surface area contributed by atoms with Gasteiger partial charge in [0.25, 0.3) is 5.91 Å². The van der Waals surface area contributed by atoms with Gasteiger partial charge in [-0.15, -0.1) is 0 Å². The maximum atomic E-state index is 12.8. The number of amides is 1. The predicted octanol–water partition coefficient (Wildman–Crippen LogP) is 4.74. The molecular weight excluding hydrogens is 320 g/mol. The van der Waals surface area contributed by atoms with Gasteiger partial charge >= 0.3 is 0 Å². The Labute approximate surface area is 157 Å². The molecule has 1 aromatic carbocycles. The van der Waals surface area contributed by atoms with Crippen LogP contribution in [-0.2, 0) is 24.2 Å². The van der Waals surface area contributed by atoms with Crippen molar-refractivity contribution in [2.45, 2.75) is 71.8 Å². The Morgan fingerprint density at radius 2 is 1.62 bits per heavy atom. The summed E-state index contributed by atoms with van der Waals surface area (Å²) >= 11 is 0. The first kappa shape index (κ1) is 18.6. The summed E-state index contributed by atoms with van der Waals surface area (Å²) < 4.78 is 2.02. The van der Waals surface area contributed by atoms with Crippen LogP contribution in [-0.4, -0.2) is 5.91 Å². The molecule has 1 heterocycles. The summed E-state index contributed by atoms with van der Waals surface area (Å²) in [6.45, 7) is 9.05. The summed E-state index contributed by atoms with van der Waals surface area (Å²) in [7, 11) is 0. The van der Waals surface area contributed by atoms with Crippen LogP contribution in [0.4, 0.5) is 5.69 Å². The molecule has 1 amide bonds. The van der Waals surface area contributed by atoms with Gasteiger partial charge in [0, 0.05) is 17.3 Å². The molecule has 26 heavy (non-hydrogen) atoms. The summed E-state index contributed by atoms with van der Waals surface area (Å²) in [6.07, 6.45) is 9.03. The van der Waals surface area contributed by atoms with Crippen molar-refractivity contribution >= 4 is 11.6 Å². The van der Waals surface area contributed by atoms with Gasteiger partial charge in [-0.05, 0) is 54.2 Å². The van der Waals surface area contributed by atoms with Crippen molar-refractivity contribution < 1.29 is 9.36 Å². The topological polar surface area (TPSA) is 33.0 Å². The third-order valence-corrected chi connectivity index (χ3v) is 5.31. The summed E-state index contributed by atoms with van der Waals surface area (Å²) in [5, 5.41) is 3.21. The van der Waals surface area contributed by atoms with Crippen molar-refractivity contribution in [3.05, 3.63) is 58.9 Å². The van der Waals surface area contributed by atoms with Crippen LogP contribution in [0.25, 0.3) is 0 Å². The second-order valence-corrected chi connectivity index (χ2v) is 8.04. The number of aryl methyl sites for hydroxylation is 2. The van der Waals surface area contributed by atoms with Crippen LogP contribution in [0.15, 0.2) is 36.7 Å². The molecule has 3 nitrogen and oxygen atoms in total. The van der Waals surface area contributed by atoms with Crippen LogP contribution in [0.1, 0.15) is 74.6 Å². The Morgan fingerprint density at radius 1 is 1.00 bits per heavy atom. The number of fused-ring (bicyclic) bond motifs is 1. The summed E-state index contributed by atoms with van der Waals surface area (Å²) in [5.41, 5.74) is 6.26. The van der Waals surface area contributed by atoms with Crippen molar-refractivity contribution in [3.8, 4) is 0 Å². The molecule has 1 aliphatic carbocycles. The monoisotopic (exact) mass is 351 g/mol. The first-order valence-electron chi connectivity index (χ1n) is 9.89. The summed E-state index contributed by atoms with van der Waals surface area (Å²) in [5.74, 6) is 0.793. The molecule has 138 valence electrons. The molecule has 0 saturated carbocycles. The zero-order valence-corrected chi connectivity index (χ0v) is 16.5. The second kappa shape index (κ2) is 8.03. The van der Waals surface area contributed by atoms with E-state index in [-0.39, 0.29) is 5.91 Å². The van der Waals surface area contributed by atoms with Crippen LogP contribution < -0.4 is 9.88 Å². The highest BCUT2D eigenvalue weighted by atomic mass is 16.1. The van der Waals surface area contributed by atoms with Gasteiger partial charge in [0.05, 0.1) is 0 Å². The lowest BCUT2D eigenvalue weighted by molar-refractivity contribution is -0.684. The number of rotatable bonds is 5. The average Bonchev–Trinajstić information content (AvgIpc) is 2.61. The van der Waals surface area contributed by atoms with Crippen LogP contribution in [0, 0.1) is 0 Å². The molecule has 3 rings (SSSR count). The number of benzene rings is 1.